The van der Waals surface area contributed by atoms with E-state index in [0.717, 1.165) is 69.8 Å². The van der Waals surface area contributed by atoms with Gasteiger partial charge in [-0.05, 0) is 65.8 Å². The van der Waals surface area contributed by atoms with Crippen LogP contribution in [0.25, 0.3) is 44.0 Å². The van der Waals surface area contributed by atoms with E-state index in [-0.39, 0.29) is 43.5 Å². The van der Waals surface area contributed by atoms with Crippen LogP contribution in [0.4, 0.5) is 0 Å². The summed E-state index contributed by atoms with van der Waals surface area (Å²) in [5, 5.41) is 14.3. The Morgan fingerprint density at radius 1 is 0.907 bits per heavy atom. The number of carbonyl (C=O) groups excluding carboxylic acids is 1. The first-order valence-electron chi connectivity index (χ1n) is 15.4. The summed E-state index contributed by atoms with van der Waals surface area (Å²) in [4.78, 5) is 16.4. The molecule has 0 atom stereocenters. The SMILES string of the molecule is CCC(CC)C(=O)/C=C(\O)C(CC)CC.Cc1[c-]c(-c2nccc3cc(C(C)C)ccc23)c2oc3ccccc3c2c1.[Ir]. The molecular formula is C38H44IrNO3-. The molecule has 5 rings (SSSR count). The molecule has 0 unspecified atom stereocenters. The van der Waals surface area contributed by atoms with E-state index in [1.54, 1.807) is 0 Å². The molecule has 0 aliphatic heterocycles. The molecule has 229 valence electrons. The molecular weight excluding hydrogens is 711 g/mol. The van der Waals surface area contributed by atoms with Crippen molar-refractivity contribution in [3.05, 3.63) is 89.8 Å². The summed E-state index contributed by atoms with van der Waals surface area (Å²) in [6.45, 7) is 14.6. The van der Waals surface area contributed by atoms with E-state index in [0.29, 0.717) is 5.92 Å². The number of rotatable bonds is 9. The van der Waals surface area contributed by atoms with Crippen molar-refractivity contribution in [2.24, 2.45) is 11.8 Å². The van der Waals surface area contributed by atoms with E-state index in [1.165, 1.54) is 17.0 Å². The van der Waals surface area contributed by atoms with Crippen LogP contribution in [0.3, 0.4) is 0 Å². The second-order valence-corrected chi connectivity index (χ2v) is 11.5. The Balaban J connectivity index is 0.000000274. The maximum absolute atomic E-state index is 11.7. The van der Waals surface area contributed by atoms with E-state index in [4.69, 9.17) is 9.40 Å². The van der Waals surface area contributed by atoms with Crippen molar-refractivity contribution in [1.82, 2.24) is 4.98 Å². The van der Waals surface area contributed by atoms with Crippen LogP contribution in [0.5, 0.6) is 0 Å². The molecule has 5 heteroatoms. The zero-order chi connectivity index (χ0) is 30.4. The van der Waals surface area contributed by atoms with Gasteiger partial charge in [0.15, 0.2) is 5.78 Å². The molecule has 5 aromatic rings. The molecule has 3 aromatic carbocycles. The average molecular weight is 755 g/mol. The van der Waals surface area contributed by atoms with Gasteiger partial charge in [0.2, 0.25) is 0 Å². The van der Waals surface area contributed by atoms with Gasteiger partial charge in [-0.3, -0.25) is 4.79 Å². The number of fused-ring (bicyclic) bond motifs is 4. The molecule has 2 heterocycles. The van der Waals surface area contributed by atoms with Crippen LogP contribution < -0.4 is 0 Å². The average Bonchev–Trinajstić information content (AvgIpc) is 3.36. The van der Waals surface area contributed by atoms with Gasteiger partial charge in [-0.25, -0.2) is 0 Å². The summed E-state index contributed by atoms with van der Waals surface area (Å²) in [6, 6.07) is 22.5. The van der Waals surface area contributed by atoms with Crippen LogP contribution in [0, 0.1) is 24.8 Å². The minimum Gasteiger partial charge on any atom is -0.512 e. The van der Waals surface area contributed by atoms with E-state index < -0.39 is 0 Å². The van der Waals surface area contributed by atoms with E-state index in [9.17, 15) is 9.90 Å². The van der Waals surface area contributed by atoms with Crippen molar-refractivity contribution in [3.63, 3.8) is 0 Å². The molecule has 0 bridgehead atoms. The first-order chi connectivity index (χ1) is 20.2. The third-order valence-electron chi connectivity index (χ3n) is 8.32. The Kier molecular flexibility index (Phi) is 12.3. The standard InChI is InChI=1S/C25H20NO.C13H24O2.Ir/c1-15(2)17-8-9-19-18(14-17)10-11-26-24(19)22-13-16(3)12-21-20-6-4-5-7-23(20)27-25(21)22;1-5-10(6-2)12(14)9-13(15)11(7-3)8-4;/h4-12,14-15H,1-3H3;9-11,14H,5-8H2,1-4H3;/q-1;;/b;12-9-;. The number of ketones is 1. The van der Waals surface area contributed by atoms with Gasteiger partial charge in [-0.15, -0.1) is 17.7 Å². The number of aryl methyl sites for hydroxylation is 1. The third kappa shape index (κ3) is 7.63. The zero-order valence-corrected chi connectivity index (χ0v) is 28.9. The van der Waals surface area contributed by atoms with Gasteiger partial charge in [-0.2, -0.15) is 0 Å². The van der Waals surface area contributed by atoms with Crippen LogP contribution in [0.2, 0.25) is 0 Å². The minimum atomic E-state index is 0. The fourth-order valence-electron chi connectivity index (χ4n) is 5.60. The van der Waals surface area contributed by atoms with E-state index in [2.05, 4.69) is 63.2 Å². The number of pyridine rings is 1. The van der Waals surface area contributed by atoms with Gasteiger partial charge in [-0.1, -0.05) is 95.8 Å². The van der Waals surface area contributed by atoms with Crippen LogP contribution >= 0.6 is 0 Å². The normalized spacial score (nSPS) is 11.8. The second-order valence-electron chi connectivity index (χ2n) is 11.5. The van der Waals surface area contributed by atoms with Crippen LogP contribution in [0.15, 0.2) is 77.0 Å². The van der Waals surface area contributed by atoms with Crippen molar-refractivity contribution in [2.75, 3.05) is 0 Å². The maximum atomic E-state index is 11.7. The maximum Gasteiger partial charge on any atom is 0.162 e. The molecule has 1 radical (unpaired) electrons. The Morgan fingerprint density at radius 2 is 1.58 bits per heavy atom. The quantitative estimate of drug-likeness (QED) is 0.0925. The molecule has 0 spiro atoms. The number of hydrogen-bond acceptors (Lipinski definition) is 4. The molecule has 0 amide bonds. The Bertz CT molecular complexity index is 1710. The first kappa shape index (κ1) is 34.2. The summed E-state index contributed by atoms with van der Waals surface area (Å²) in [5.74, 6) is 1.05. The molecule has 43 heavy (non-hydrogen) atoms. The molecule has 0 saturated heterocycles. The predicted octanol–water partition coefficient (Wildman–Crippen LogP) is 10.9. The second kappa shape index (κ2) is 15.5. The number of aromatic nitrogens is 1. The summed E-state index contributed by atoms with van der Waals surface area (Å²) in [5.41, 5.74) is 6.04. The number of hydrogen-bond donors (Lipinski definition) is 1. The van der Waals surface area contributed by atoms with E-state index in [1.807, 2.05) is 52.1 Å². The van der Waals surface area contributed by atoms with Crippen LogP contribution in [-0.2, 0) is 24.9 Å². The van der Waals surface area contributed by atoms with Gasteiger partial charge in [0, 0.05) is 49.6 Å². The van der Waals surface area contributed by atoms with E-state index >= 15 is 0 Å². The van der Waals surface area contributed by atoms with Crippen molar-refractivity contribution < 1.29 is 34.4 Å². The molecule has 0 aliphatic carbocycles. The van der Waals surface area contributed by atoms with Gasteiger partial charge in [0.25, 0.3) is 0 Å². The number of carbonyl (C=O) groups is 1. The topological polar surface area (TPSA) is 63.3 Å². The Morgan fingerprint density at radius 3 is 2.23 bits per heavy atom. The number of furan rings is 1. The number of para-hydroxylation sites is 1. The largest absolute Gasteiger partial charge is 0.512 e. The van der Waals surface area contributed by atoms with Crippen molar-refractivity contribution >= 4 is 38.5 Å². The molecule has 1 N–H and O–H groups in total. The fraction of sp³-hybridized carbons (Fsp3) is 0.368. The number of nitrogens with zero attached hydrogens (tertiary/aromatic N) is 1. The molecule has 4 nitrogen and oxygen atoms in total. The van der Waals surface area contributed by atoms with Crippen molar-refractivity contribution in [2.45, 2.75) is 80.1 Å². The monoisotopic (exact) mass is 755 g/mol. The van der Waals surface area contributed by atoms with Crippen molar-refractivity contribution in [3.8, 4) is 11.3 Å². The Hall–Kier alpha value is -3.27. The summed E-state index contributed by atoms with van der Waals surface area (Å²) >= 11 is 0. The molecule has 0 saturated carbocycles. The smallest absolute Gasteiger partial charge is 0.162 e. The number of aliphatic hydroxyl groups is 1. The number of allylic oxidation sites excluding steroid dienone is 2. The third-order valence-corrected chi connectivity index (χ3v) is 8.32. The minimum absolute atomic E-state index is 0. The molecule has 0 fully saturated rings. The van der Waals surface area contributed by atoms with Gasteiger partial charge in [0.05, 0.1) is 11.3 Å². The molecule has 2 aromatic heterocycles. The van der Waals surface area contributed by atoms with Gasteiger partial charge < -0.3 is 14.5 Å². The summed E-state index contributed by atoms with van der Waals surface area (Å²) in [6.07, 6.45) is 6.79. The number of aliphatic hydroxyl groups excluding tert-OH is 1. The van der Waals surface area contributed by atoms with Crippen LogP contribution in [0.1, 0.15) is 84.3 Å². The van der Waals surface area contributed by atoms with Gasteiger partial charge >= 0.3 is 0 Å². The fourth-order valence-corrected chi connectivity index (χ4v) is 5.60. The van der Waals surface area contributed by atoms with Crippen molar-refractivity contribution in [1.29, 1.82) is 0 Å². The summed E-state index contributed by atoms with van der Waals surface area (Å²) in [7, 11) is 0. The van der Waals surface area contributed by atoms with Gasteiger partial charge in [0.1, 0.15) is 5.58 Å². The Labute approximate surface area is 270 Å². The zero-order valence-electron chi connectivity index (χ0n) is 26.5. The first-order valence-corrected chi connectivity index (χ1v) is 15.4. The summed E-state index contributed by atoms with van der Waals surface area (Å²) < 4.78 is 6.23. The number of benzene rings is 3. The predicted molar refractivity (Wildman–Crippen MR) is 176 cm³/mol. The van der Waals surface area contributed by atoms with Crippen LogP contribution in [-0.4, -0.2) is 15.9 Å². The molecule has 0 aliphatic rings.